The molecule has 2 aromatic rings. The van der Waals surface area contributed by atoms with Gasteiger partial charge in [0, 0.05) is 18.8 Å². The molecule has 0 atom stereocenters. The van der Waals surface area contributed by atoms with Crippen molar-refractivity contribution < 1.29 is 4.79 Å². The fourth-order valence-corrected chi connectivity index (χ4v) is 1.41. The highest BCUT2D eigenvalue weighted by Crippen LogP contribution is 2.00. The van der Waals surface area contributed by atoms with Gasteiger partial charge in [-0.2, -0.15) is 10.2 Å². The van der Waals surface area contributed by atoms with Gasteiger partial charge in [0.25, 0.3) is 5.91 Å². The molecule has 3 N–H and O–H groups in total. The number of carbonyl (C=O) groups excluding carboxylic acids is 1. The number of carbonyl (C=O) groups is 1. The maximum atomic E-state index is 11.5. The van der Waals surface area contributed by atoms with E-state index < -0.39 is 0 Å². The Labute approximate surface area is 108 Å². The fourth-order valence-electron chi connectivity index (χ4n) is 1.41. The van der Waals surface area contributed by atoms with Crippen molar-refractivity contribution in [2.45, 2.75) is 13.5 Å². The lowest BCUT2D eigenvalue weighted by Gasteiger charge is -1.99. The van der Waals surface area contributed by atoms with Gasteiger partial charge in [-0.25, -0.2) is 10.1 Å². The lowest BCUT2D eigenvalue weighted by molar-refractivity contribution is -0.121. The summed E-state index contributed by atoms with van der Waals surface area (Å²) >= 11 is 0. The third kappa shape index (κ3) is 3.12. The first-order valence-electron chi connectivity index (χ1n) is 5.40. The van der Waals surface area contributed by atoms with Gasteiger partial charge in [-0.1, -0.05) is 5.10 Å². The molecule has 0 aromatic carbocycles. The molecule has 0 spiro atoms. The number of hydrazone groups is 1. The molecule has 0 aliphatic rings. The molecule has 2 aromatic heterocycles. The second kappa shape index (κ2) is 5.25. The number of aryl methyl sites for hydroxylation is 2. The minimum absolute atomic E-state index is 0.0715. The van der Waals surface area contributed by atoms with Crippen LogP contribution in [0.15, 0.2) is 11.3 Å². The highest BCUT2D eigenvalue weighted by molar-refractivity contribution is 5.83. The van der Waals surface area contributed by atoms with Gasteiger partial charge in [-0.15, -0.1) is 0 Å². The Balaban J connectivity index is 1.90. The van der Waals surface area contributed by atoms with Crippen molar-refractivity contribution in [2.24, 2.45) is 12.1 Å². The number of hydrogen-bond donors (Lipinski definition) is 2. The lowest BCUT2D eigenvalue weighted by atomic mass is 10.3. The Kier molecular flexibility index (Phi) is 3.50. The Morgan fingerprint density at radius 1 is 1.63 bits per heavy atom. The second-order valence-electron chi connectivity index (χ2n) is 3.83. The standard InChI is InChI=1S/C9H13N9O/c1-6-7(4-17(2)14-6)3-11-12-8(19)5-18-9(10)13-15-16-18/h3-4H,5H2,1-2H3,(H,12,19)(H2,10,13,16)/b11-3+. The minimum atomic E-state index is -0.378. The van der Waals surface area contributed by atoms with Gasteiger partial charge >= 0.3 is 0 Å². The molecule has 0 bridgehead atoms. The van der Waals surface area contributed by atoms with Crippen LogP contribution in [0.1, 0.15) is 11.3 Å². The van der Waals surface area contributed by atoms with Crippen LogP contribution in [0.3, 0.4) is 0 Å². The molecule has 1 amide bonds. The van der Waals surface area contributed by atoms with E-state index in [0.29, 0.717) is 0 Å². The fraction of sp³-hybridized carbons (Fsp3) is 0.333. The zero-order valence-corrected chi connectivity index (χ0v) is 10.5. The maximum Gasteiger partial charge on any atom is 0.261 e. The molecule has 100 valence electrons. The molecule has 0 aliphatic carbocycles. The van der Waals surface area contributed by atoms with Crippen molar-refractivity contribution in [1.29, 1.82) is 0 Å². The van der Waals surface area contributed by atoms with Crippen molar-refractivity contribution in [2.75, 3.05) is 5.73 Å². The number of aromatic nitrogens is 6. The van der Waals surface area contributed by atoms with Crippen molar-refractivity contribution in [3.8, 4) is 0 Å². The van der Waals surface area contributed by atoms with E-state index >= 15 is 0 Å². The minimum Gasteiger partial charge on any atom is -0.367 e. The summed E-state index contributed by atoms with van der Waals surface area (Å²) in [6.07, 6.45) is 3.31. The van der Waals surface area contributed by atoms with Crippen LogP contribution in [0, 0.1) is 6.92 Å². The highest BCUT2D eigenvalue weighted by atomic mass is 16.2. The zero-order chi connectivity index (χ0) is 13.8. The molecule has 19 heavy (non-hydrogen) atoms. The van der Waals surface area contributed by atoms with Gasteiger partial charge < -0.3 is 5.73 Å². The van der Waals surface area contributed by atoms with E-state index in [2.05, 4.69) is 31.2 Å². The Morgan fingerprint density at radius 2 is 2.42 bits per heavy atom. The van der Waals surface area contributed by atoms with E-state index in [0.717, 1.165) is 11.3 Å². The quantitative estimate of drug-likeness (QED) is 0.507. The van der Waals surface area contributed by atoms with Gasteiger partial charge in [0.2, 0.25) is 5.95 Å². The monoisotopic (exact) mass is 263 g/mol. The second-order valence-corrected chi connectivity index (χ2v) is 3.83. The predicted molar refractivity (Wildman–Crippen MR) is 65.9 cm³/mol. The summed E-state index contributed by atoms with van der Waals surface area (Å²) in [5, 5.41) is 18.3. The average Bonchev–Trinajstić information content (AvgIpc) is 2.86. The molecule has 0 fully saturated rings. The van der Waals surface area contributed by atoms with Gasteiger partial charge in [-0.3, -0.25) is 9.48 Å². The number of rotatable bonds is 4. The summed E-state index contributed by atoms with van der Waals surface area (Å²) in [6, 6.07) is 0. The van der Waals surface area contributed by atoms with E-state index in [1.54, 1.807) is 10.9 Å². The van der Waals surface area contributed by atoms with E-state index in [9.17, 15) is 4.79 Å². The van der Waals surface area contributed by atoms with Crippen LogP contribution < -0.4 is 11.2 Å². The molecular formula is C9H13N9O. The van der Waals surface area contributed by atoms with Crippen molar-refractivity contribution >= 4 is 18.1 Å². The van der Waals surface area contributed by atoms with E-state index in [4.69, 9.17) is 5.73 Å². The summed E-state index contributed by atoms with van der Waals surface area (Å²) in [7, 11) is 1.81. The Morgan fingerprint density at radius 3 is 3.00 bits per heavy atom. The van der Waals surface area contributed by atoms with Crippen molar-refractivity contribution in [1.82, 2.24) is 35.4 Å². The molecule has 0 aliphatic heterocycles. The summed E-state index contributed by atoms with van der Waals surface area (Å²) < 4.78 is 2.83. The average molecular weight is 263 g/mol. The smallest absolute Gasteiger partial charge is 0.261 e. The lowest BCUT2D eigenvalue weighted by Crippen LogP contribution is -2.24. The molecule has 2 rings (SSSR count). The number of hydrogen-bond acceptors (Lipinski definition) is 7. The first-order chi connectivity index (χ1) is 9.06. The summed E-state index contributed by atoms with van der Waals surface area (Å²) in [5.74, 6) is -0.306. The SMILES string of the molecule is Cc1nn(C)cc1/C=N/NC(=O)Cn1nnnc1N. The topological polar surface area (TPSA) is 129 Å². The molecular weight excluding hydrogens is 250 g/mol. The molecule has 0 saturated heterocycles. The number of amides is 1. The van der Waals surface area contributed by atoms with E-state index in [-0.39, 0.29) is 18.4 Å². The summed E-state index contributed by atoms with van der Waals surface area (Å²) in [5.41, 5.74) is 9.43. The van der Waals surface area contributed by atoms with Crippen molar-refractivity contribution in [3.63, 3.8) is 0 Å². The molecule has 0 radical (unpaired) electrons. The van der Waals surface area contributed by atoms with Crippen LogP contribution in [0.2, 0.25) is 0 Å². The first kappa shape index (κ1) is 12.7. The number of nitrogens with zero attached hydrogens (tertiary/aromatic N) is 7. The van der Waals surface area contributed by atoms with Gasteiger partial charge in [0.1, 0.15) is 6.54 Å². The number of nitrogens with one attached hydrogen (secondary N) is 1. The molecule has 10 heteroatoms. The normalized spacial score (nSPS) is 11.1. The molecule has 2 heterocycles. The predicted octanol–water partition coefficient (Wildman–Crippen LogP) is -1.55. The van der Waals surface area contributed by atoms with E-state index in [1.165, 1.54) is 10.9 Å². The van der Waals surface area contributed by atoms with Gasteiger partial charge in [0.15, 0.2) is 0 Å². The maximum absolute atomic E-state index is 11.5. The molecule has 10 nitrogen and oxygen atoms in total. The van der Waals surface area contributed by atoms with Crippen LogP contribution >= 0.6 is 0 Å². The van der Waals surface area contributed by atoms with Gasteiger partial charge in [0.05, 0.1) is 11.9 Å². The van der Waals surface area contributed by atoms with Crippen LogP contribution in [0.4, 0.5) is 5.95 Å². The third-order valence-corrected chi connectivity index (χ3v) is 2.30. The Hall–Kier alpha value is -2.78. The largest absolute Gasteiger partial charge is 0.367 e. The summed E-state index contributed by atoms with van der Waals surface area (Å²) in [6.45, 7) is 1.76. The summed E-state index contributed by atoms with van der Waals surface area (Å²) in [4.78, 5) is 11.5. The number of nitrogen functional groups attached to an aromatic ring is 1. The zero-order valence-electron chi connectivity index (χ0n) is 10.5. The highest BCUT2D eigenvalue weighted by Gasteiger charge is 2.06. The van der Waals surface area contributed by atoms with Crippen molar-refractivity contribution in [3.05, 3.63) is 17.5 Å². The first-order valence-corrected chi connectivity index (χ1v) is 5.40. The van der Waals surface area contributed by atoms with Crippen LogP contribution in [-0.4, -0.2) is 42.1 Å². The Bertz CT molecular complexity index is 611. The van der Waals surface area contributed by atoms with E-state index in [1.807, 2.05) is 14.0 Å². The van der Waals surface area contributed by atoms with Crippen LogP contribution in [0.5, 0.6) is 0 Å². The molecule has 0 unspecified atom stereocenters. The number of nitrogens with two attached hydrogens (primary N) is 1. The van der Waals surface area contributed by atoms with Crippen LogP contribution in [-0.2, 0) is 18.4 Å². The van der Waals surface area contributed by atoms with Crippen LogP contribution in [0.25, 0.3) is 0 Å². The molecule has 0 saturated carbocycles. The van der Waals surface area contributed by atoms with Gasteiger partial charge in [-0.05, 0) is 17.4 Å². The third-order valence-electron chi connectivity index (χ3n) is 2.30. The number of tetrazole rings is 1. The number of anilines is 1.